The SMILES string of the molecule is CS(=O)(=O)c1cccc2c(N=Nc3ccc(N=Nc4ccc(S(=O)(=O)O)cc4)cc3S(=O)(=O)O)ccc(O)c12. The van der Waals surface area contributed by atoms with Crippen molar-refractivity contribution in [1.82, 2.24) is 0 Å². The number of hydrogen-bond donors (Lipinski definition) is 3. The Hall–Kier alpha value is -4.09. The summed E-state index contributed by atoms with van der Waals surface area (Å²) in [4.78, 5) is -1.13. The van der Waals surface area contributed by atoms with Gasteiger partial charge in [0.05, 0.1) is 26.9 Å². The predicted molar refractivity (Wildman–Crippen MR) is 140 cm³/mol. The normalized spacial score (nSPS) is 13.0. The molecule has 4 rings (SSSR count). The van der Waals surface area contributed by atoms with E-state index in [1.54, 1.807) is 0 Å². The molecule has 0 unspecified atom stereocenters. The average Bonchev–Trinajstić information content (AvgIpc) is 2.86. The number of aromatic hydroxyl groups is 1. The van der Waals surface area contributed by atoms with Gasteiger partial charge >= 0.3 is 0 Å². The fourth-order valence-corrected chi connectivity index (χ4v) is 5.53. The highest BCUT2D eigenvalue weighted by atomic mass is 32.2. The predicted octanol–water partition coefficient (Wildman–Crippen LogP) is 5.27. The topological polar surface area (TPSA) is 213 Å². The smallest absolute Gasteiger partial charge is 0.296 e. The Kier molecular flexibility index (Phi) is 7.33. The quantitative estimate of drug-likeness (QED) is 0.188. The van der Waals surface area contributed by atoms with Crippen LogP contribution in [0.3, 0.4) is 0 Å². The molecule has 0 saturated heterocycles. The van der Waals surface area contributed by atoms with Crippen LogP contribution in [-0.2, 0) is 30.1 Å². The van der Waals surface area contributed by atoms with Crippen molar-refractivity contribution < 1.29 is 39.5 Å². The second-order valence-electron chi connectivity index (χ2n) is 8.05. The van der Waals surface area contributed by atoms with E-state index in [0.717, 1.165) is 24.5 Å². The molecule has 0 fully saturated rings. The summed E-state index contributed by atoms with van der Waals surface area (Å²) in [5.41, 5.74) is 0.0293. The van der Waals surface area contributed by atoms with Gasteiger partial charge in [0.15, 0.2) is 9.84 Å². The minimum Gasteiger partial charge on any atom is -0.507 e. The first-order chi connectivity index (χ1) is 18.1. The van der Waals surface area contributed by atoms with Crippen LogP contribution in [0.1, 0.15) is 0 Å². The van der Waals surface area contributed by atoms with E-state index in [1.165, 1.54) is 54.6 Å². The molecule has 0 aromatic heterocycles. The van der Waals surface area contributed by atoms with Crippen LogP contribution in [0.5, 0.6) is 5.75 Å². The number of nitrogens with zero attached hydrogens (tertiary/aromatic N) is 4. The first-order valence-electron chi connectivity index (χ1n) is 10.6. The van der Waals surface area contributed by atoms with Crippen LogP contribution in [0.4, 0.5) is 22.7 Å². The molecule has 4 aromatic rings. The van der Waals surface area contributed by atoms with E-state index in [0.29, 0.717) is 0 Å². The maximum Gasteiger partial charge on any atom is 0.296 e. The number of sulfone groups is 1. The minimum absolute atomic E-state index is 0.00620. The Morgan fingerprint density at radius 2 is 1.21 bits per heavy atom. The summed E-state index contributed by atoms with van der Waals surface area (Å²) < 4.78 is 89.4. The van der Waals surface area contributed by atoms with Crippen molar-refractivity contribution in [2.75, 3.05) is 6.26 Å². The lowest BCUT2D eigenvalue weighted by Gasteiger charge is -2.08. The maximum absolute atomic E-state index is 12.2. The van der Waals surface area contributed by atoms with Crippen LogP contribution >= 0.6 is 0 Å². The second kappa shape index (κ2) is 10.2. The third-order valence-electron chi connectivity index (χ3n) is 5.26. The van der Waals surface area contributed by atoms with E-state index < -0.39 is 35.0 Å². The summed E-state index contributed by atoms with van der Waals surface area (Å²) in [6, 6.07) is 15.1. The highest BCUT2D eigenvalue weighted by molar-refractivity contribution is 7.91. The summed E-state index contributed by atoms with van der Waals surface area (Å²) in [5, 5.41) is 26.2. The molecule has 3 N–H and O–H groups in total. The van der Waals surface area contributed by atoms with Gasteiger partial charge in [-0.1, -0.05) is 12.1 Å². The Balaban J connectivity index is 1.72. The molecular formula is C23H18N4O9S3. The average molecular weight is 591 g/mol. The van der Waals surface area contributed by atoms with Gasteiger partial charge in [0.25, 0.3) is 20.2 Å². The first-order valence-corrected chi connectivity index (χ1v) is 15.4. The largest absolute Gasteiger partial charge is 0.507 e. The van der Waals surface area contributed by atoms with E-state index in [2.05, 4.69) is 20.5 Å². The van der Waals surface area contributed by atoms with Crippen LogP contribution < -0.4 is 0 Å². The molecule has 0 heterocycles. The standard InChI is InChI=1S/C23H18N4O9S3/c1-37(29,30)21-4-2-3-17-18(11-12-20(28)23(17)21)26-27-19-10-7-15(13-22(19)39(34,35)36)25-24-14-5-8-16(9-6-14)38(31,32)33/h2-13,28H,1H3,(H,31,32,33)(H,34,35,36). The number of benzene rings is 4. The van der Waals surface area contributed by atoms with Crippen molar-refractivity contribution >= 4 is 63.6 Å². The number of hydrogen-bond acceptors (Lipinski definition) is 11. The lowest BCUT2D eigenvalue weighted by molar-refractivity contribution is 0.480. The molecule has 0 amide bonds. The van der Waals surface area contributed by atoms with Crippen LogP contribution in [0.15, 0.2) is 108 Å². The van der Waals surface area contributed by atoms with E-state index >= 15 is 0 Å². The van der Waals surface area contributed by atoms with Crippen LogP contribution in [0.25, 0.3) is 10.8 Å². The summed E-state index contributed by atoms with van der Waals surface area (Å²) in [6.45, 7) is 0. The van der Waals surface area contributed by atoms with Gasteiger partial charge < -0.3 is 5.11 Å². The van der Waals surface area contributed by atoms with Gasteiger partial charge in [-0.15, -0.1) is 10.2 Å². The molecule has 0 aliphatic heterocycles. The van der Waals surface area contributed by atoms with E-state index in [9.17, 15) is 34.9 Å². The third kappa shape index (κ3) is 6.32. The molecule has 202 valence electrons. The zero-order chi connectivity index (χ0) is 28.6. The molecule has 39 heavy (non-hydrogen) atoms. The Morgan fingerprint density at radius 3 is 1.82 bits per heavy atom. The van der Waals surface area contributed by atoms with Gasteiger partial charge in [0, 0.05) is 17.0 Å². The Morgan fingerprint density at radius 1 is 0.615 bits per heavy atom. The van der Waals surface area contributed by atoms with Crippen molar-refractivity contribution in [2.45, 2.75) is 14.7 Å². The lowest BCUT2D eigenvalue weighted by Crippen LogP contribution is -1.98. The summed E-state index contributed by atoms with van der Waals surface area (Å²) in [5.74, 6) is -0.300. The Labute approximate surface area is 222 Å². The highest BCUT2D eigenvalue weighted by Crippen LogP contribution is 2.38. The zero-order valence-corrected chi connectivity index (χ0v) is 22.2. The van der Waals surface area contributed by atoms with Crippen molar-refractivity contribution in [3.8, 4) is 5.75 Å². The van der Waals surface area contributed by atoms with Crippen molar-refractivity contribution in [3.05, 3.63) is 72.8 Å². The number of fused-ring (bicyclic) bond motifs is 1. The monoisotopic (exact) mass is 590 g/mol. The summed E-state index contributed by atoms with van der Waals surface area (Å²) in [7, 11) is -12.9. The molecule has 0 bridgehead atoms. The van der Waals surface area contributed by atoms with E-state index in [-0.39, 0.29) is 49.1 Å². The van der Waals surface area contributed by atoms with Gasteiger partial charge in [-0.2, -0.15) is 27.1 Å². The van der Waals surface area contributed by atoms with E-state index in [1.807, 2.05) is 0 Å². The minimum atomic E-state index is -4.81. The lowest BCUT2D eigenvalue weighted by atomic mass is 10.1. The molecule has 0 atom stereocenters. The molecular weight excluding hydrogens is 572 g/mol. The summed E-state index contributed by atoms with van der Waals surface area (Å²) >= 11 is 0. The molecule has 0 saturated carbocycles. The van der Waals surface area contributed by atoms with Crippen molar-refractivity contribution in [3.63, 3.8) is 0 Å². The fraction of sp³-hybridized carbons (Fsp3) is 0.0435. The molecule has 16 heteroatoms. The van der Waals surface area contributed by atoms with Crippen LogP contribution in [0.2, 0.25) is 0 Å². The van der Waals surface area contributed by atoms with Crippen LogP contribution in [-0.4, -0.2) is 45.7 Å². The molecule has 0 spiro atoms. The van der Waals surface area contributed by atoms with Gasteiger partial charge in [0.1, 0.15) is 16.3 Å². The first kappa shape index (κ1) is 27.9. The Bertz CT molecular complexity index is 1990. The zero-order valence-electron chi connectivity index (χ0n) is 19.7. The molecule has 13 nitrogen and oxygen atoms in total. The highest BCUT2D eigenvalue weighted by Gasteiger charge is 2.19. The van der Waals surface area contributed by atoms with Gasteiger partial charge in [-0.05, 0) is 60.7 Å². The number of phenolic OH excluding ortho intramolecular Hbond substituents is 1. The summed E-state index contributed by atoms with van der Waals surface area (Å²) in [6.07, 6.45) is 0.987. The van der Waals surface area contributed by atoms with Crippen LogP contribution in [0, 0.1) is 0 Å². The second-order valence-corrected chi connectivity index (χ2v) is 12.8. The van der Waals surface area contributed by atoms with Crippen molar-refractivity contribution in [1.29, 1.82) is 0 Å². The van der Waals surface area contributed by atoms with Gasteiger partial charge in [-0.25, -0.2) is 8.42 Å². The number of azo groups is 2. The molecule has 4 aromatic carbocycles. The maximum atomic E-state index is 12.2. The van der Waals surface area contributed by atoms with Gasteiger partial charge in [0.2, 0.25) is 0 Å². The van der Waals surface area contributed by atoms with E-state index in [4.69, 9.17) is 4.55 Å². The third-order valence-corrected chi connectivity index (χ3v) is 8.15. The fourth-order valence-electron chi connectivity index (χ4n) is 3.50. The number of rotatable bonds is 7. The number of phenols is 1. The van der Waals surface area contributed by atoms with Gasteiger partial charge in [-0.3, -0.25) is 9.11 Å². The van der Waals surface area contributed by atoms with Crippen molar-refractivity contribution in [2.24, 2.45) is 20.5 Å². The molecule has 0 aliphatic carbocycles. The molecule has 0 aliphatic rings. The molecule has 0 radical (unpaired) electrons.